The lowest BCUT2D eigenvalue weighted by Gasteiger charge is -2.26. The predicted octanol–water partition coefficient (Wildman–Crippen LogP) is 1.72. The highest BCUT2D eigenvalue weighted by molar-refractivity contribution is 6.01. The van der Waals surface area contributed by atoms with Gasteiger partial charge in [-0.3, -0.25) is 9.48 Å². The van der Waals surface area contributed by atoms with Crippen molar-refractivity contribution in [2.24, 2.45) is 7.05 Å². The maximum absolute atomic E-state index is 13.2. The molecule has 0 radical (unpaired) electrons. The van der Waals surface area contributed by atoms with Crippen molar-refractivity contribution < 1.29 is 9.18 Å². The SMILES string of the molecule is Cc1cc(C2NC(=O)c3ccc(F)cc3N2)nn1C. The largest absolute Gasteiger partial charge is 0.359 e. The summed E-state index contributed by atoms with van der Waals surface area (Å²) < 4.78 is 15.0. The first-order chi connectivity index (χ1) is 9.04. The molecule has 0 aliphatic carbocycles. The fourth-order valence-electron chi connectivity index (χ4n) is 2.11. The topological polar surface area (TPSA) is 59.0 Å². The van der Waals surface area contributed by atoms with Gasteiger partial charge in [0.2, 0.25) is 0 Å². The molecule has 6 heteroatoms. The number of hydrogen-bond donors (Lipinski definition) is 2. The molecule has 1 amide bonds. The molecule has 0 bridgehead atoms. The van der Waals surface area contributed by atoms with E-state index < -0.39 is 6.17 Å². The third-order valence-electron chi connectivity index (χ3n) is 3.23. The number of halogens is 1. The molecule has 1 atom stereocenters. The Morgan fingerprint density at radius 2 is 2.11 bits per heavy atom. The van der Waals surface area contributed by atoms with Gasteiger partial charge < -0.3 is 10.6 Å². The van der Waals surface area contributed by atoms with Crippen molar-refractivity contribution in [3.05, 3.63) is 47.0 Å². The van der Waals surface area contributed by atoms with Gasteiger partial charge in [0.1, 0.15) is 17.7 Å². The van der Waals surface area contributed by atoms with E-state index >= 15 is 0 Å². The lowest BCUT2D eigenvalue weighted by Crippen LogP contribution is -2.38. The van der Waals surface area contributed by atoms with Crippen LogP contribution in [0.5, 0.6) is 0 Å². The molecule has 1 unspecified atom stereocenters. The van der Waals surface area contributed by atoms with E-state index in [0.29, 0.717) is 16.9 Å². The smallest absolute Gasteiger partial charge is 0.255 e. The van der Waals surface area contributed by atoms with Crippen LogP contribution in [0.25, 0.3) is 0 Å². The highest BCUT2D eigenvalue weighted by Crippen LogP contribution is 2.26. The van der Waals surface area contributed by atoms with Crippen molar-refractivity contribution in [2.45, 2.75) is 13.1 Å². The van der Waals surface area contributed by atoms with Gasteiger partial charge in [0, 0.05) is 12.7 Å². The summed E-state index contributed by atoms with van der Waals surface area (Å²) in [6, 6.07) is 5.93. The molecule has 2 N–H and O–H groups in total. The number of carbonyl (C=O) groups excluding carboxylic acids is 1. The highest BCUT2D eigenvalue weighted by Gasteiger charge is 2.26. The second-order valence-electron chi connectivity index (χ2n) is 4.57. The quantitative estimate of drug-likeness (QED) is 0.820. The lowest BCUT2D eigenvalue weighted by atomic mass is 10.1. The van der Waals surface area contributed by atoms with Crippen molar-refractivity contribution in [3.8, 4) is 0 Å². The summed E-state index contributed by atoms with van der Waals surface area (Å²) in [4.78, 5) is 12.0. The molecule has 98 valence electrons. The van der Waals surface area contributed by atoms with E-state index in [-0.39, 0.29) is 11.7 Å². The van der Waals surface area contributed by atoms with Crippen LogP contribution in [-0.2, 0) is 7.05 Å². The monoisotopic (exact) mass is 260 g/mol. The Morgan fingerprint density at radius 1 is 1.32 bits per heavy atom. The molecule has 19 heavy (non-hydrogen) atoms. The van der Waals surface area contributed by atoms with Crippen LogP contribution >= 0.6 is 0 Å². The minimum Gasteiger partial charge on any atom is -0.359 e. The summed E-state index contributed by atoms with van der Waals surface area (Å²) in [5, 5.41) is 10.2. The van der Waals surface area contributed by atoms with E-state index in [9.17, 15) is 9.18 Å². The van der Waals surface area contributed by atoms with Crippen molar-refractivity contribution in [3.63, 3.8) is 0 Å². The van der Waals surface area contributed by atoms with Crippen molar-refractivity contribution in [1.29, 1.82) is 0 Å². The van der Waals surface area contributed by atoms with E-state index in [0.717, 1.165) is 5.69 Å². The Kier molecular flexibility index (Phi) is 2.51. The van der Waals surface area contributed by atoms with Gasteiger partial charge in [-0.15, -0.1) is 0 Å². The van der Waals surface area contributed by atoms with Crippen LogP contribution in [0.4, 0.5) is 10.1 Å². The third-order valence-corrected chi connectivity index (χ3v) is 3.23. The van der Waals surface area contributed by atoms with Crippen LogP contribution in [0.2, 0.25) is 0 Å². The minimum absolute atomic E-state index is 0.234. The predicted molar refractivity (Wildman–Crippen MR) is 68.2 cm³/mol. The lowest BCUT2D eigenvalue weighted by molar-refractivity contribution is 0.0934. The molecule has 1 aromatic carbocycles. The van der Waals surface area contributed by atoms with Gasteiger partial charge in [-0.25, -0.2) is 4.39 Å². The number of nitrogens with zero attached hydrogens (tertiary/aromatic N) is 2. The Balaban J connectivity index is 1.98. The fraction of sp³-hybridized carbons (Fsp3) is 0.231. The van der Waals surface area contributed by atoms with Crippen LogP contribution < -0.4 is 10.6 Å². The average molecular weight is 260 g/mol. The van der Waals surface area contributed by atoms with Gasteiger partial charge in [-0.05, 0) is 31.2 Å². The molecule has 2 heterocycles. The van der Waals surface area contributed by atoms with Crippen LogP contribution in [0.3, 0.4) is 0 Å². The van der Waals surface area contributed by atoms with Gasteiger partial charge in [0.25, 0.3) is 5.91 Å². The van der Waals surface area contributed by atoms with Gasteiger partial charge in [0.15, 0.2) is 0 Å². The van der Waals surface area contributed by atoms with Crippen LogP contribution in [-0.4, -0.2) is 15.7 Å². The van der Waals surface area contributed by atoms with Crippen LogP contribution in [0.15, 0.2) is 24.3 Å². The number of nitrogens with one attached hydrogen (secondary N) is 2. The van der Waals surface area contributed by atoms with Crippen LogP contribution in [0, 0.1) is 12.7 Å². The molecule has 1 aromatic heterocycles. The zero-order valence-corrected chi connectivity index (χ0v) is 10.6. The Morgan fingerprint density at radius 3 is 2.79 bits per heavy atom. The van der Waals surface area contributed by atoms with E-state index in [1.165, 1.54) is 18.2 Å². The molecule has 0 saturated carbocycles. The number of anilines is 1. The standard InChI is InChI=1S/C13H13FN4O/c1-7-5-11(17-18(7)2)12-15-10-6-8(14)3-4-9(10)13(19)16-12/h3-6,12,15H,1-2H3,(H,16,19). The zero-order valence-electron chi connectivity index (χ0n) is 10.6. The number of fused-ring (bicyclic) bond motifs is 1. The summed E-state index contributed by atoms with van der Waals surface area (Å²) in [6.07, 6.45) is -0.443. The molecular formula is C13H13FN4O. The molecule has 0 spiro atoms. The van der Waals surface area contributed by atoms with Crippen molar-refractivity contribution in [1.82, 2.24) is 15.1 Å². The first-order valence-corrected chi connectivity index (χ1v) is 5.92. The number of aromatic nitrogens is 2. The summed E-state index contributed by atoms with van der Waals surface area (Å²) in [7, 11) is 1.83. The minimum atomic E-state index is -0.443. The molecular weight excluding hydrogens is 247 g/mol. The number of rotatable bonds is 1. The second-order valence-corrected chi connectivity index (χ2v) is 4.57. The normalized spacial score (nSPS) is 17.6. The Hall–Kier alpha value is -2.37. The van der Waals surface area contributed by atoms with E-state index in [4.69, 9.17) is 0 Å². The Bertz CT molecular complexity index is 645. The molecule has 0 fully saturated rings. The van der Waals surface area contributed by atoms with E-state index in [1.807, 2.05) is 20.0 Å². The van der Waals surface area contributed by atoms with Crippen LogP contribution in [0.1, 0.15) is 27.9 Å². The number of hydrogen-bond acceptors (Lipinski definition) is 3. The summed E-state index contributed by atoms with van der Waals surface area (Å²) in [5.74, 6) is -0.612. The molecule has 3 rings (SSSR count). The second kappa shape index (κ2) is 4.08. The summed E-state index contributed by atoms with van der Waals surface area (Å²) in [6.45, 7) is 1.93. The highest BCUT2D eigenvalue weighted by atomic mass is 19.1. The van der Waals surface area contributed by atoms with Gasteiger partial charge >= 0.3 is 0 Å². The van der Waals surface area contributed by atoms with E-state index in [1.54, 1.807) is 4.68 Å². The molecule has 1 aliphatic heterocycles. The van der Waals surface area contributed by atoms with Crippen molar-refractivity contribution >= 4 is 11.6 Å². The summed E-state index contributed by atoms with van der Waals surface area (Å²) >= 11 is 0. The van der Waals surface area contributed by atoms with Gasteiger partial charge in [-0.2, -0.15) is 5.10 Å². The average Bonchev–Trinajstić information content (AvgIpc) is 2.69. The number of amides is 1. The zero-order chi connectivity index (χ0) is 13.6. The molecule has 0 saturated heterocycles. The first kappa shape index (κ1) is 11.7. The number of benzene rings is 1. The molecule has 2 aromatic rings. The Labute approximate surface area is 109 Å². The van der Waals surface area contributed by atoms with E-state index in [2.05, 4.69) is 15.7 Å². The molecule has 1 aliphatic rings. The van der Waals surface area contributed by atoms with Crippen molar-refractivity contribution in [2.75, 3.05) is 5.32 Å². The first-order valence-electron chi connectivity index (χ1n) is 5.92. The fourth-order valence-corrected chi connectivity index (χ4v) is 2.11. The maximum Gasteiger partial charge on any atom is 0.255 e. The molecule has 5 nitrogen and oxygen atoms in total. The number of aryl methyl sites for hydroxylation is 2. The third kappa shape index (κ3) is 1.95. The van der Waals surface area contributed by atoms with Gasteiger partial charge in [0.05, 0.1) is 11.3 Å². The number of carbonyl (C=O) groups is 1. The van der Waals surface area contributed by atoms with Gasteiger partial charge in [-0.1, -0.05) is 0 Å². The summed E-state index contributed by atoms with van der Waals surface area (Å²) in [5.41, 5.74) is 2.60. The maximum atomic E-state index is 13.2.